The maximum atomic E-state index is 12.0. The normalized spacial score (nSPS) is 34.8. The average molecular weight is 290 g/mol. The largest absolute Gasteiger partial charge is 0.377 e. The molecule has 2 heterocycles. The van der Waals surface area contributed by atoms with Crippen molar-refractivity contribution in [2.24, 2.45) is 5.73 Å². The number of hydrogen-bond donors (Lipinski definition) is 1. The third kappa shape index (κ3) is 3.48. The van der Waals surface area contributed by atoms with Crippen LogP contribution in [0.1, 0.15) is 32.6 Å². The predicted octanol–water partition coefficient (Wildman–Crippen LogP) is 0.393. The summed E-state index contributed by atoms with van der Waals surface area (Å²) in [7, 11) is -2.95. The van der Waals surface area contributed by atoms with Crippen molar-refractivity contribution in [3.8, 4) is 0 Å². The molecule has 0 aromatic rings. The zero-order valence-electron chi connectivity index (χ0n) is 11.8. The molecule has 2 fully saturated rings. The molecule has 2 unspecified atom stereocenters. The molecule has 112 valence electrons. The standard InChI is InChI=1S/C13H26N2O3S/c1-2-15(9-12-5-3-7-18-12)13(10-14)6-4-8-19(16,17)11-13/h12H,2-11,14H2,1H3. The van der Waals surface area contributed by atoms with Gasteiger partial charge in [0.05, 0.1) is 17.6 Å². The van der Waals surface area contributed by atoms with Gasteiger partial charge in [0.2, 0.25) is 0 Å². The van der Waals surface area contributed by atoms with Crippen molar-refractivity contribution in [3.05, 3.63) is 0 Å². The number of hydrogen-bond acceptors (Lipinski definition) is 5. The van der Waals surface area contributed by atoms with E-state index in [0.717, 1.165) is 45.4 Å². The minimum absolute atomic E-state index is 0.205. The molecule has 2 N–H and O–H groups in total. The monoisotopic (exact) mass is 290 g/mol. The maximum Gasteiger partial charge on any atom is 0.152 e. The lowest BCUT2D eigenvalue weighted by Crippen LogP contribution is -2.61. The Morgan fingerprint density at radius 3 is 2.74 bits per heavy atom. The molecule has 0 aromatic carbocycles. The Bertz CT molecular complexity index is 393. The van der Waals surface area contributed by atoms with Gasteiger partial charge in [-0.25, -0.2) is 8.42 Å². The smallest absolute Gasteiger partial charge is 0.152 e. The first-order valence-electron chi connectivity index (χ1n) is 7.28. The second-order valence-electron chi connectivity index (χ2n) is 5.80. The van der Waals surface area contributed by atoms with Crippen molar-refractivity contribution in [3.63, 3.8) is 0 Å². The van der Waals surface area contributed by atoms with Gasteiger partial charge in [0, 0.05) is 25.2 Å². The molecule has 5 nitrogen and oxygen atoms in total. The van der Waals surface area contributed by atoms with Gasteiger partial charge in [0.25, 0.3) is 0 Å². The molecule has 2 atom stereocenters. The Kier molecular flexibility index (Phi) is 4.87. The number of nitrogens with two attached hydrogens (primary N) is 1. The molecule has 0 saturated carbocycles. The van der Waals surface area contributed by atoms with Gasteiger partial charge in [-0.05, 0) is 32.2 Å². The maximum absolute atomic E-state index is 12.0. The van der Waals surface area contributed by atoms with Crippen molar-refractivity contribution >= 4 is 9.84 Å². The van der Waals surface area contributed by atoms with E-state index < -0.39 is 9.84 Å². The molecular weight excluding hydrogens is 264 g/mol. The van der Waals surface area contributed by atoms with Gasteiger partial charge < -0.3 is 10.5 Å². The summed E-state index contributed by atoms with van der Waals surface area (Å²) >= 11 is 0. The summed E-state index contributed by atoms with van der Waals surface area (Å²) in [5.74, 6) is 0.517. The highest BCUT2D eigenvalue weighted by Crippen LogP contribution is 2.29. The number of rotatable bonds is 5. The second kappa shape index (κ2) is 6.08. The lowest BCUT2D eigenvalue weighted by molar-refractivity contribution is 0.0272. The van der Waals surface area contributed by atoms with Gasteiger partial charge in [0.1, 0.15) is 0 Å². The van der Waals surface area contributed by atoms with Crippen molar-refractivity contribution in [1.29, 1.82) is 0 Å². The van der Waals surface area contributed by atoms with Crippen LogP contribution in [0, 0.1) is 0 Å². The highest BCUT2D eigenvalue weighted by Gasteiger charge is 2.42. The zero-order chi connectivity index (χ0) is 13.9. The lowest BCUT2D eigenvalue weighted by atomic mass is 9.92. The third-order valence-corrected chi connectivity index (χ3v) is 6.35. The molecule has 0 bridgehead atoms. The Morgan fingerprint density at radius 2 is 2.21 bits per heavy atom. The number of likely N-dealkylation sites (N-methyl/N-ethyl adjacent to an activating group) is 1. The minimum Gasteiger partial charge on any atom is -0.377 e. The Morgan fingerprint density at radius 1 is 1.42 bits per heavy atom. The van der Waals surface area contributed by atoms with E-state index in [1.54, 1.807) is 0 Å². The molecule has 2 aliphatic rings. The van der Waals surface area contributed by atoms with E-state index >= 15 is 0 Å². The predicted molar refractivity (Wildman–Crippen MR) is 75.9 cm³/mol. The second-order valence-corrected chi connectivity index (χ2v) is 7.98. The van der Waals surface area contributed by atoms with Crippen molar-refractivity contribution in [2.75, 3.05) is 37.7 Å². The molecule has 2 saturated heterocycles. The van der Waals surface area contributed by atoms with Gasteiger partial charge in [0.15, 0.2) is 9.84 Å². The molecule has 0 spiro atoms. The highest BCUT2D eigenvalue weighted by atomic mass is 32.2. The van der Waals surface area contributed by atoms with E-state index in [2.05, 4.69) is 11.8 Å². The molecule has 19 heavy (non-hydrogen) atoms. The van der Waals surface area contributed by atoms with E-state index in [0.29, 0.717) is 12.3 Å². The molecule has 0 aliphatic carbocycles. The van der Waals surface area contributed by atoms with Crippen molar-refractivity contribution in [2.45, 2.75) is 44.2 Å². The van der Waals surface area contributed by atoms with E-state index in [-0.39, 0.29) is 17.4 Å². The first kappa shape index (κ1) is 15.2. The average Bonchev–Trinajstić information content (AvgIpc) is 2.87. The molecule has 2 rings (SSSR count). The van der Waals surface area contributed by atoms with Gasteiger partial charge in [-0.2, -0.15) is 0 Å². The van der Waals surface area contributed by atoms with Crippen LogP contribution in [-0.2, 0) is 14.6 Å². The Labute approximate surface area is 116 Å². The number of ether oxygens (including phenoxy) is 1. The highest BCUT2D eigenvalue weighted by molar-refractivity contribution is 7.91. The van der Waals surface area contributed by atoms with Gasteiger partial charge in [-0.1, -0.05) is 6.92 Å². The Hall–Kier alpha value is -0.170. The van der Waals surface area contributed by atoms with E-state index in [1.165, 1.54) is 0 Å². The summed E-state index contributed by atoms with van der Waals surface area (Å²) in [5, 5.41) is 0. The zero-order valence-corrected chi connectivity index (χ0v) is 12.6. The summed E-state index contributed by atoms with van der Waals surface area (Å²) in [5.41, 5.74) is 5.59. The van der Waals surface area contributed by atoms with Crippen LogP contribution in [0.2, 0.25) is 0 Å². The van der Waals surface area contributed by atoms with Crippen LogP contribution in [0.25, 0.3) is 0 Å². The summed E-state index contributed by atoms with van der Waals surface area (Å²) in [6.07, 6.45) is 4.03. The van der Waals surface area contributed by atoms with Crippen molar-refractivity contribution in [1.82, 2.24) is 4.90 Å². The fourth-order valence-electron chi connectivity index (χ4n) is 3.41. The van der Waals surface area contributed by atoms with E-state index in [4.69, 9.17) is 10.5 Å². The quantitative estimate of drug-likeness (QED) is 0.793. The summed E-state index contributed by atoms with van der Waals surface area (Å²) in [4.78, 5) is 2.25. The number of nitrogens with zero attached hydrogens (tertiary/aromatic N) is 1. The minimum atomic E-state index is -2.95. The molecule has 2 aliphatic heterocycles. The fourth-order valence-corrected chi connectivity index (χ4v) is 5.40. The molecule has 0 amide bonds. The number of sulfone groups is 1. The van der Waals surface area contributed by atoms with Crippen LogP contribution in [0.3, 0.4) is 0 Å². The molecule has 0 aromatic heterocycles. The fraction of sp³-hybridized carbons (Fsp3) is 1.00. The Balaban J connectivity index is 2.12. The van der Waals surface area contributed by atoms with E-state index in [9.17, 15) is 8.42 Å². The van der Waals surface area contributed by atoms with Crippen LogP contribution in [0.4, 0.5) is 0 Å². The van der Waals surface area contributed by atoms with Crippen molar-refractivity contribution < 1.29 is 13.2 Å². The lowest BCUT2D eigenvalue weighted by Gasteiger charge is -2.45. The van der Waals surface area contributed by atoms with Gasteiger partial charge in [-0.3, -0.25) is 4.90 Å². The van der Waals surface area contributed by atoms with Crippen LogP contribution in [-0.4, -0.2) is 62.7 Å². The SMILES string of the molecule is CCN(CC1CCCO1)C1(CN)CCCS(=O)(=O)C1. The first-order chi connectivity index (χ1) is 9.01. The van der Waals surface area contributed by atoms with Gasteiger partial charge in [-0.15, -0.1) is 0 Å². The summed E-state index contributed by atoms with van der Waals surface area (Å²) in [6.45, 7) is 4.95. The van der Waals surface area contributed by atoms with Crippen LogP contribution >= 0.6 is 0 Å². The van der Waals surface area contributed by atoms with Crippen LogP contribution in [0.5, 0.6) is 0 Å². The summed E-state index contributed by atoms with van der Waals surface area (Å²) in [6, 6.07) is 0. The molecule has 6 heteroatoms. The molecule has 0 radical (unpaired) electrons. The van der Waals surface area contributed by atoms with Gasteiger partial charge >= 0.3 is 0 Å². The topological polar surface area (TPSA) is 72.6 Å². The third-order valence-electron chi connectivity index (χ3n) is 4.47. The first-order valence-corrected chi connectivity index (χ1v) is 9.11. The molecular formula is C13H26N2O3S. The van der Waals surface area contributed by atoms with E-state index in [1.807, 2.05) is 0 Å². The summed E-state index contributed by atoms with van der Waals surface area (Å²) < 4.78 is 29.6. The van der Waals surface area contributed by atoms with Crippen LogP contribution < -0.4 is 5.73 Å². The van der Waals surface area contributed by atoms with Crippen LogP contribution in [0.15, 0.2) is 0 Å².